The van der Waals surface area contributed by atoms with Gasteiger partial charge in [-0.15, -0.1) is 0 Å². The van der Waals surface area contributed by atoms with Crippen molar-refractivity contribution in [1.29, 1.82) is 0 Å². The van der Waals surface area contributed by atoms with E-state index in [1.54, 1.807) is 7.05 Å². The molecule has 0 aliphatic carbocycles. The first-order chi connectivity index (χ1) is 7.29. The first-order valence-corrected chi connectivity index (χ1v) is 5.17. The minimum absolute atomic E-state index is 0.0397. The van der Waals surface area contributed by atoms with E-state index in [1.807, 2.05) is 31.2 Å². The predicted molar refractivity (Wildman–Crippen MR) is 60.0 cm³/mol. The van der Waals surface area contributed by atoms with Gasteiger partial charge in [0.15, 0.2) is 0 Å². The molecule has 0 saturated heterocycles. The lowest BCUT2D eigenvalue weighted by molar-refractivity contribution is 0.0961. The number of nitrogens with one attached hydrogen (secondary N) is 1. The normalized spacial score (nSPS) is 10.0. The van der Waals surface area contributed by atoms with E-state index >= 15 is 0 Å². The van der Waals surface area contributed by atoms with Gasteiger partial charge in [0.2, 0.25) is 0 Å². The molecule has 0 aliphatic rings. The van der Waals surface area contributed by atoms with Crippen molar-refractivity contribution < 1.29 is 9.53 Å². The summed E-state index contributed by atoms with van der Waals surface area (Å²) in [6, 6.07) is 7.60. The average molecular weight is 207 g/mol. The van der Waals surface area contributed by atoms with E-state index in [9.17, 15) is 4.79 Å². The lowest BCUT2D eigenvalue weighted by atomic mass is 10.0. The number of rotatable bonds is 5. The molecule has 1 rings (SSSR count). The van der Waals surface area contributed by atoms with Crippen LogP contribution in [-0.4, -0.2) is 26.2 Å². The molecule has 1 amide bonds. The molecule has 1 N–H and O–H groups in total. The minimum Gasteiger partial charge on any atom is -0.381 e. The number of amides is 1. The van der Waals surface area contributed by atoms with E-state index in [1.165, 1.54) is 0 Å². The van der Waals surface area contributed by atoms with Gasteiger partial charge in [0.25, 0.3) is 5.91 Å². The molecule has 0 fully saturated rings. The van der Waals surface area contributed by atoms with Crippen LogP contribution in [0.4, 0.5) is 0 Å². The zero-order chi connectivity index (χ0) is 11.1. The van der Waals surface area contributed by atoms with E-state index in [4.69, 9.17) is 4.74 Å². The summed E-state index contributed by atoms with van der Waals surface area (Å²) in [4.78, 5) is 11.5. The van der Waals surface area contributed by atoms with Gasteiger partial charge in [0.1, 0.15) is 0 Å². The second-order valence-corrected chi connectivity index (χ2v) is 3.18. The van der Waals surface area contributed by atoms with Crippen molar-refractivity contribution in [2.45, 2.75) is 13.3 Å². The molecule has 0 spiro atoms. The molecule has 3 nitrogen and oxygen atoms in total. The smallest absolute Gasteiger partial charge is 0.251 e. The molecular weight excluding hydrogens is 190 g/mol. The summed E-state index contributed by atoms with van der Waals surface area (Å²) in [5.41, 5.74) is 1.77. The molecule has 0 radical (unpaired) electrons. The second kappa shape index (κ2) is 6.19. The maximum atomic E-state index is 11.5. The van der Waals surface area contributed by atoms with Crippen LogP contribution in [0.1, 0.15) is 22.8 Å². The highest BCUT2D eigenvalue weighted by Gasteiger charge is 2.07. The third-order valence-corrected chi connectivity index (χ3v) is 2.21. The molecule has 3 heteroatoms. The fraction of sp³-hybridized carbons (Fsp3) is 0.417. The predicted octanol–water partition coefficient (Wildman–Crippen LogP) is 1.63. The van der Waals surface area contributed by atoms with Gasteiger partial charge in [-0.3, -0.25) is 4.79 Å². The minimum atomic E-state index is -0.0397. The fourth-order valence-electron chi connectivity index (χ4n) is 1.42. The average Bonchev–Trinajstić information content (AvgIpc) is 2.29. The topological polar surface area (TPSA) is 38.3 Å². The van der Waals surface area contributed by atoms with Crippen molar-refractivity contribution in [3.05, 3.63) is 35.4 Å². The Morgan fingerprint density at radius 1 is 1.40 bits per heavy atom. The fourth-order valence-corrected chi connectivity index (χ4v) is 1.42. The van der Waals surface area contributed by atoms with E-state index in [2.05, 4.69) is 5.32 Å². The molecule has 1 aromatic rings. The van der Waals surface area contributed by atoms with Crippen LogP contribution >= 0.6 is 0 Å². The SMILES string of the molecule is CCOCCc1ccccc1C(=O)NC. The Hall–Kier alpha value is -1.35. The molecule has 0 saturated carbocycles. The number of benzene rings is 1. The molecule has 0 unspecified atom stereocenters. The van der Waals surface area contributed by atoms with Gasteiger partial charge >= 0.3 is 0 Å². The van der Waals surface area contributed by atoms with Gasteiger partial charge in [0, 0.05) is 19.2 Å². The van der Waals surface area contributed by atoms with E-state index < -0.39 is 0 Å². The molecule has 0 heterocycles. The van der Waals surface area contributed by atoms with Gasteiger partial charge in [-0.1, -0.05) is 18.2 Å². The van der Waals surface area contributed by atoms with Crippen LogP contribution in [0.3, 0.4) is 0 Å². The summed E-state index contributed by atoms with van der Waals surface area (Å²) in [6.07, 6.45) is 0.775. The highest BCUT2D eigenvalue weighted by atomic mass is 16.5. The lowest BCUT2D eigenvalue weighted by Crippen LogP contribution is -2.19. The van der Waals surface area contributed by atoms with Crippen molar-refractivity contribution in [1.82, 2.24) is 5.32 Å². The van der Waals surface area contributed by atoms with E-state index in [0.717, 1.165) is 17.5 Å². The summed E-state index contributed by atoms with van der Waals surface area (Å²) in [6.45, 7) is 3.33. The second-order valence-electron chi connectivity index (χ2n) is 3.18. The van der Waals surface area contributed by atoms with Crippen molar-refractivity contribution in [2.24, 2.45) is 0 Å². The number of carbonyl (C=O) groups is 1. The van der Waals surface area contributed by atoms with Crippen LogP contribution in [0.5, 0.6) is 0 Å². The highest BCUT2D eigenvalue weighted by Crippen LogP contribution is 2.09. The van der Waals surface area contributed by atoms with Crippen LogP contribution in [-0.2, 0) is 11.2 Å². The molecule has 82 valence electrons. The van der Waals surface area contributed by atoms with Gasteiger partial charge < -0.3 is 10.1 Å². The summed E-state index contributed by atoms with van der Waals surface area (Å²) < 4.78 is 5.27. The number of ether oxygens (including phenoxy) is 1. The number of hydrogen-bond acceptors (Lipinski definition) is 2. The molecular formula is C12H17NO2. The lowest BCUT2D eigenvalue weighted by Gasteiger charge is -2.07. The monoisotopic (exact) mass is 207 g/mol. The van der Waals surface area contributed by atoms with Gasteiger partial charge in [-0.25, -0.2) is 0 Å². The summed E-state index contributed by atoms with van der Waals surface area (Å²) in [5.74, 6) is -0.0397. The van der Waals surface area contributed by atoms with E-state index in [0.29, 0.717) is 13.2 Å². The number of hydrogen-bond donors (Lipinski definition) is 1. The maximum Gasteiger partial charge on any atom is 0.251 e. The maximum absolute atomic E-state index is 11.5. The molecule has 0 atom stereocenters. The Balaban J connectivity index is 2.73. The molecule has 0 aromatic heterocycles. The van der Waals surface area contributed by atoms with Crippen LogP contribution in [0, 0.1) is 0 Å². The first kappa shape index (κ1) is 11.7. The van der Waals surface area contributed by atoms with Crippen LogP contribution in [0.15, 0.2) is 24.3 Å². The largest absolute Gasteiger partial charge is 0.381 e. The number of carbonyl (C=O) groups excluding carboxylic acids is 1. The van der Waals surface area contributed by atoms with Crippen LogP contribution in [0.25, 0.3) is 0 Å². The zero-order valence-electron chi connectivity index (χ0n) is 9.25. The first-order valence-electron chi connectivity index (χ1n) is 5.17. The highest BCUT2D eigenvalue weighted by molar-refractivity contribution is 5.95. The Morgan fingerprint density at radius 3 is 2.80 bits per heavy atom. The Morgan fingerprint density at radius 2 is 2.13 bits per heavy atom. The quantitative estimate of drug-likeness (QED) is 0.745. The van der Waals surface area contributed by atoms with Crippen molar-refractivity contribution in [3.63, 3.8) is 0 Å². The van der Waals surface area contributed by atoms with Crippen LogP contribution < -0.4 is 5.32 Å². The third kappa shape index (κ3) is 3.36. The summed E-state index contributed by atoms with van der Waals surface area (Å²) in [7, 11) is 1.64. The standard InChI is InChI=1S/C12H17NO2/c1-3-15-9-8-10-6-4-5-7-11(10)12(14)13-2/h4-7H,3,8-9H2,1-2H3,(H,13,14). The van der Waals surface area contributed by atoms with E-state index in [-0.39, 0.29) is 5.91 Å². The molecule has 0 bridgehead atoms. The van der Waals surface area contributed by atoms with Gasteiger partial charge in [-0.2, -0.15) is 0 Å². The van der Waals surface area contributed by atoms with Crippen molar-refractivity contribution in [3.8, 4) is 0 Å². The third-order valence-electron chi connectivity index (χ3n) is 2.21. The van der Waals surface area contributed by atoms with Gasteiger partial charge in [-0.05, 0) is 25.0 Å². The molecule has 1 aromatic carbocycles. The molecule has 0 aliphatic heterocycles. The Kier molecular flexibility index (Phi) is 4.84. The Labute approximate surface area is 90.4 Å². The van der Waals surface area contributed by atoms with Crippen LogP contribution in [0.2, 0.25) is 0 Å². The van der Waals surface area contributed by atoms with Crippen molar-refractivity contribution in [2.75, 3.05) is 20.3 Å². The van der Waals surface area contributed by atoms with Gasteiger partial charge in [0.05, 0.1) is 6.61 Å². The summed E-state index contributed by atoms with van der Waals surface area (Å²) in [5, 5.41) is 2.63. The molecule has 15 heavy (non-hydrogen) atoms. The zero-order valence-corrected chi connectivity index (χ0v) is 9.25. The Bertz CT molecular complexity index is 323. The van der Waals surface area contributed by atoms with Crippen molar-refractivity contribution >= 4 is 5.91 Å². The summed E-state index contributed by atoms with van der Waals surface area (Å²) >= 11 is 0.